The van der Waals surface area contributed by atoms with Crippen LogP contribution in [-0.2, 0) is 14.3 Å². The standard InChI is InChI=1S/C50H87NO5/c1-4-7-10-13-16-19-22-23-24-25-26-28-29-32-35-38-41-46(56-50(55)43-40-37-34-31-21-18-15-12-9-6-3)44-49(54)51-47(45-52)48(53)42-39-36-33-30-27-20-17-14-11-8-5-2/h10,12-13,15-16,19,22-26,28,46-48,52-53H,4-9,11,14,17-18,20-21,27,29-45H2,1-3H3,(H,51,54)/b13-10+,15-12-,19-16+,23-22+,25-24+,28-26+. The van der Waals surface area contributed by atoms with Gasteiger partial charge in [0.05, 0.1) is 25.2 Å². The minimum Gasteiger partial charge on any atom is -0.462 e. The van der Waals surface area contributed by atoms with E-state index < -0.39 is 18.2 Å². The maximum absolute atomic E-state index is 13.1. The lowest BCUT2D eigenvalue weighted by molar-refractivity contribution is -0.151. The van der Waals surface area contributed by atoms with Crippen molar-refractivity contribution >= 4 is 11.9 Å². The molecule has 0 aromatic heterocycles. The maximum Gasteiger partial charge on any atom is 0.306 e. The molecule has 3 unspecified atom stereocenters. The zero-order valence-electron chi connectivity index (χ0n) is 36.5. The Morgan fingerprint density at radius 2 is 0.964 bits per heavy atom. The molecule has 6 heteroatoms. The molecule has 0 spiro atoms. The Morgan fingerprint density at radius 1 is 0.518 bits per heavy atom. The topological polar surface area (TPSA) is 95.9 Å². The number of unbranched alkanes of at least 4 members (excludes halogenated alkanes) is 20. The Balaban J connectivity index is 4.73. The summed E-state index contributed by atoms with van der Waals surface area (Å²) >= 11 is 0. The van der Waals surface area contributed by atoms with E-state index in [9.17, 15) is 19.8 Å². The number of aliphatic hydroxyl groups excluding tert-OH is 2. The van der Waals surface area contributed by atoms with E-state index in [0.717, 1.165) is 83.5 Å². The van der Waals surface area contributed by atoms with Crippen molar-refractivity contribution in [3.05, 3.63) is 72.9 Å². The van der Waals surface area contributed by atoms with E-state index in [2.05, 4.69) is 62.5 Å². The number of aliphatic hydroxyl groups is 2. The number of hydrogen-bond donors (Lipinski definition) is 3. The third-order valence-electron chi connectivity index (χ3n) is 10.1. The van der Waals surface area contributed by atoms with Crippen molar-refractivity contribution in [2.75, 3.05) is 6.61 Å². The molecule has 0 aliphatic heterocycles. The third-order valence-corrected chi connectivity index (χ3v) is 10.1. The second kappa shape index (κ2) is 43.4. The molecule has 6 nitrogen and oxygen atoms in total. The molecule has 3 N–H and O–H groups in total. The zero-order valence-corrected chi connectivity index (χ0v) is 36.5. The van der Waals surface area contributed by atoms with Gasteiger partial charge in [0.1, 0.15) is 6.10 Å². The number of carbonyl (C=O) groups excluding carboxylic acids is 2. The quantitative estimate of drug-likeness (QED) is 0.0249. The largest absolute Gasteiger partial charge is 0.462 e. The average Bonchev–Trinajstić information content (AvgIpc) is 3.19. The Kier molecular flexibility index (Phi) is 41.3. The fourth-order valence-corrected chi connectivity index (χ4v) is 6.58. The number of amides is 1. The lowest BCUT2D eigenvalue weighted by Crippen LogP contribution is -2.46. The summed E-state index contributed by atoms with van der Waals surface area (Å²) in [4.78, 5) is 26.0. The SMILES string of the molecule is CCC/C=C\CCCCCCCC(=O)OC(CCCCC/C=C/C=C/C=C/C=C/C=C/CCC)CC(=O)NC(CO)C(O)CCCCCCCCCCCCC. The molecule has 0 saturated heterocycles. The minimum absolute atomic E-state index is 0.0430. The first-order chi connectivity index (χ1) is 27.5. The van der Waals surface area contributed by atoms with Crippen molar-refractivity contribution < 1.29 is 24.5 Å². The highest BCUT2D eigenvalue weighted by atomic mass is 16.5. The zero-order chi connectivity index (χ0) is 41.0. The van der Waals surface area contributed by atoms with Gasteiger partial charge in [0, 0.05) is 6.42 Å². The molecule has 0 radical (unpaired) electrons. The lowest BCUT2D eigenvalue weighted by Gasteiger charge is -2.24. The fourth-order valence-electron chi connectivity index (χ4n) is 6.58. The van der Waals surface area contributed by atoms with Crippen LogP contribution in [0.4, 0.5) is 0 Å². The fraction of sp³-hybridized carbons (Fsp3) is 0.720. The Hall–Kier alpha value is -2.70. The number of rotatable bonds is 40. The number of hydrogen-bond acceptors (Lipinski definition) is 5. The molecule has 322 valence electrons. The molecule has 3 atom stereocenters. The van der Waals surface area contributed by atoms with Crippen LogP contribution in [0.25, 0.3) is 0 Å². The molecular weight excluding hydrogens is 695 g/mol. The number of nitrogens with one attached hydrogen (secondary N) is 1. The van der Waals surface area contributed by atoms with Gasteiger partial charge >= 0.3 is 5.97 Å². The average molecular weight is 782 g/mol. The highest BCUT2D eigenvalue weighted by Crippen LogP contribution is 2.17. The van der Waals surface area contributed by atoms with Crippen LogP contribution in [0.3, 0.4) is 0 Å². The molecule has 0 aromatic carbocycles. The molecular formula is C50H87NO5. The Morgan fingerprint density at radius 3 is 1.55 bits per heavy atom. The summed E-state index contributed by atoms with van der Waals surface area (Å²) in [6.45, 7) is 6.29. The second-order valence-corrected chi connectivity index (χ2v) is 15.6. The first kappa shape index (κ1) is 53.3. The van der Waals surface area contributed by atoms with Gasteiger partial charge in [0.2, 0.25) is 5.91 Å². The van der Waals surface area contributed by atoms with E-state index in [-0.39, 0.29) is 24.9 Å². The van der Waals surface area contributed by atoms with Gasteiger partial charge in [-0.15, -0.1) is 0 Å². The van der Waals surface area contributed by atoms with Gasteiger partial charge in [-0.05, 0) is 64.2 Å². The second-order valence-electron chi connectivity index (χ2n) is 15.6. The van der Waals surface area contributed by atoms with Gasteiger partial charge in [-0.1, -0.05) is 203 Å². The van der Waals surface area contributed by atoms with Crippen molar-refractivity contribution in [2.24, 2.45) is 0 Å². The summed E-state index contributed by atoms with van der Waals surface area (Å²) in [7, 11) is 0. The molecule has 0 saturated carbocycles. The summed E-state index contributed by atoms with van der Waals surface area (Å²) in [6, 6.07) is -0.718. The molecule has 0 aliphatic rings. The molecule has 0 heterocycles. The molecule has 0 rings (SSSR count). The highest BCUT2D eigenvalue weighted by molar-refractivity contribution is 5.77. The van der Waals surface area contributed by atoms with Crippen molar-refractivity contribution in [1.29, 1.82) is 0 Å². The van der Waals surface area contributed by atoms with E-state index in [4.69, 9.17) is 4.74 Å². The normalized spacial score (nSPS) is 14.0. The number of esters is 1. The highest BCUT2D eigenvalue weighted by Gasteiger charge is 2.24. The van der Waals surface area contributed by atoms with E-state index in [1.807, 2.05) is 36.5 Å². The van der Waals surface area contributed by atoms with Crippen molar-refractivity contribution in [3.8, 4) is 0 Å². The third kappa shape index (κ3) is 38.2. The van der Waals surface area contributed by atoms with E-state index in [1.54, 1.807) is 0 Å². The summed E-state index contributed by atoms with van der Waals surface area (Å²) in [6.07, 6.45) is 53.8. The smallest absolute Gasteiger partial charge is 0.306 e. The van der Waals surface area contributed by atoms with Gasteiger partial charge in [0.25, 0.3) is 0 Å². The van der Waals surface area contributed by atoms with Crippen molar-refractivity contribution in [2.45, 2.75) is 225 Å². The van der Waals surface area contributed by atoms with E-state index in [0.29, 0.717) is 19.3 Å². The summed E-state index contributed by atoms with van der Waals surface area (Å²) in [5.74, 6) is -0.534. The summed E-state index contributed by atoms with van der Waals surface area (Å²) in [5, 5.41) is 23.6. The Bertz CT molecular complexity index is 1060. The number of allylic oxidation sites excluding steroid dienone is 12. The monoisotopic (exact) mass is 782 g/mol. The minimum atomic E-state index is -0.801. The van der Waals surface area contributed by atoms with Crippen LogP contribution in [0.5, 0.6) is 0 Å². The molecule has 0 fully saturated rings. The van der Waals surface area contributed by atoms with E-state index >= 15 is 0 Å². The van der Waals surface area contributed by atoms with Crippen LogP contribution in [0.15, 0.2) is 72.9 Å². The van der Waals surface area contributed by atoms with Crippen LogP contribution < -0.4 is 5.32 Å². The van der Waals surface area contributed by atoms with E-state index in [1.165, 1.54) is 77.0 Å². The van der Waals surface area contributed by atoms with Gasteiger partial charge in [0.15, 0.2) is 0 Å². The van der Waals surface area contributed by atoms with Gasteiger partial charge < -0.3 is 20.3 Å². The van der Waals surface area contributed by atoms with Gasteiger partial charge in [-0.3, -0.25) is 9.59 Å². The predicted octanol–water partition coefficient (Wildman–Crippen LogP) is 13.4. The van der Waals surface area contributed by atoms with Crippen LogP contribution in [-0.4, -0.2) is 46.9 Å². The Labute approximate surface area is 345 Å². The number of ether oxygens (including phenoxy) is 1. The molecule has 0 bridgehead atoms. The molecule has 0 aromatic rings. The van der Waals surface area contributed by atoms with Crippen molar-refractivity contribution in [3.63, 3.8) is 0 Å². The summed E-state index contributed by atoms with van der Waals surface area (Å²) < 4.78 is 5.88. The first-order valence-corrected chi connectivity index (χ1v) is 23.2. The molecule has 0 aliphatic carbocycles. The predicted molar refractivity (Wildman–Crippen MR) is 241 cm³/mol. The van der Waals surface area contributed by atoms with Gasteiger partial charge in [-0.2, -0.15) is 0 Å². The first-order valence-electron chi connectivity index (χ1n) is 23.2. The molecule has 56 heavy (non-hydrogen) atoms. The summed E-state index contributed by atoms with van der Waals surface area (Å²) in [5.41, 5.74) is 0. The van der Waals surface area contributed by atoms with Crippen LogP contribution >= 0.6 is 0 Å². The molecule has 1 amide bonds. The lowest BCUT2D eigenvalue weighted by atomic mass is 10.0. The van der Waals surface area contributed by atoms with Crippen LogP contribution in [0, 0.1) is 0 Å². The van der Waals surface area contributed by atoms with Crippen molar-refractivity contribution in [1.82, 2.24) is 5.32 Å². The van der Waals surface area contributed by atoms with Gasteiger partial charge in [-0.25, -0.2) is 0 Å². The van der Waals surface area contributed by atoms with Crippen LogP contribution in [0.1, 0.15) is 207 Å². The number of carbonyl (C=O) groups is 2. The van der Waals surface area contributed by atoms with Crippen LogP contribution in [0.2, 0.25) is 0 Å². The maximum atomic E-state index is 13.1.